The van der Waals surface area contributed by atoms with Crippen LogP contribution in [0.4, 0.5) is 13.2 Å². The smallest absolute Gasteiger partial charge is 0.435 e. The van der Waals surface area contributed by atoms with E-state index in [2.05, 4.69) is 36.4 Å². The number of hydrogen-bond donors (Lipinski definition) is 1. The topological polar surface area (TPSA) is 69.3 Å². The number of benzene rings is 2. The molecule has 0 spiro atoms. The van der Waals surface area contributed by atoms with E-state index in [-0.39, 0.29) is 30.2 Å². The first-order chi connectivity index (χ1) is 19.1. The van der Waals surface area contributed by atoms with Crippen molar-refractivity contribution in [1.29, 1.82) is 0 Å². The van der Waals surface area contributed by atoms with Crippen molar-refractivity contribution in [3.8, 4) is 5.75 Å². The molecule has 1 aliphatic rings. The Hall–Kier alpha value is -4.01. The number of furan rings is 1. The zero-order valence-corrected chi connectivity index (χ0v) is 22.5. The van der Waals surface area contributed by atoms with Crippen molar-refractivity contribution >= 4 is 5.91 Å². The second-order valence-corrected chi connectivity index (χ2v) is 10.6. The number of alkyl halides is 3. The monoisotopic (exact) mass is 551 g/mol. The number of rotatable bonds is 11. The summed E-state index contributed by atoms with van der Waals surface area (Å²) in [5.74, 6) is 1.09. The van der Waals surface area contributed by atoms with E-state index in [1.54, 1.807) is 12.1 Å². The largest absolute Gasteiger partial charge is 0.486 e. The van der Waals surface area contributed by atoms with Crippen molar-refractivity contribution in [3.05, 3.63) is 107 Å². The molecule has 1 N–H and O–H groups in total. The van der Waals surface area contributed by atoms with Gasteiger partial charge in [-0.25, -0.2) is 0 Å². The van der Waals surface area contributed by atoms with Gasteiger partial charge in [-0.15, -0.1) is 0 Å². The molecule has 5 rings (SSSR count). The lowest BCUT2D eigenvalue weighted by Crippen LogP contribution is -2.25. The highest BCUT2D eigenvalue weighted by Crippen LogP contribution is 2.42. The van der Waals surface area contributed by atoms with Crippen molar-refractivity contribution in [2.45, 2.75) is 63.8 Å². The number of carbonyl (C=O) groups excluding carboxylic acids is 1. The van der Waals surface area contributed by atoms with E-state index in [1.165, 1.54) is 15.8 Å². The minimum Gasteiger partial charge on any atom is -0.486 e. The fourth-order valence-electron chi connectivity index (χ4n) is 4.70. The maximum absolute atomic E-state index is 13.1. The molecule has 1 fully saturated rings. The van der Waals surface area contributed by atoms with Gasteiger partial charge in [0.15, 0.2) is 11.5 Å². The average Bonchev–Trinajstić information content (AvgIpc) is 3.50. The standard InChI is InChI=1S/C31H32F3N3O3/c1-30(2,22-7-4-3-5-8-22)23-11-13-24(14-12-23)39-20-25-15-16-27(40-25)29(38)35-17-6-18-37-26(21-9-10-21)19-28(36-37)31(32,33)34/h3-5,7-8,11-16,19,21H,6,9-10,17-18,20H2,1-2H3,(H,35,38). The normalized spacial score (nSPS) is 13.8. The van der Waals surface area contributed by atoms with Gasteiger partial charge >= 0.3 is 6.18 Å². The van der Waals surface area contributed by atoms with Crippen molar-refractivity contribution in [2.24, 2.45) is 0 Å². The molecule has 0 radical (unpaired) electrons. The number of hydrogen-bond acceptors (Lipinski definition) is 4. The van der Waals surface area contributed by atoms with E-state index >= 15 is 0 Å². The Kier molecular flexibility index (Phi) is 7.74. The Bertz CT molecular complexity index is 1440. The predicted molar refractivity (Wildman–Crippen MR) is 144 cm³/mol. The molecule has 0 aliphatic heterocycles. The van der Waals surface area contributed by atoms with Crippen molar-refractivity contribution in [1.82, 2.24) is 15.1 Å². The molecule has 40 heavy (non-hydrogen) atoms. The zero-order valence-electron chi connectivity index (χ0n) is 22.5. The highest BCUT2D eigenvalue weighted by molar-refractivity contribution is 5.91. The molecule has 2 heterocycles. The van der Waals surface area contributed by atoms with Crippen LogP contribution < -0.4 is 10.1 Å². The Morgan fingerprint density at radius 3 is 2.40 bits per heavy atom. The fourth-order valence-corrected chi connectivity index (χ4v) is 4.70. The van der Waals surface area contributed by atoms with Gasteiger partial charge < -0.3 is 14.5 Å². The Balaban J connectivity index is 1.09. The van der Waals surface area contributed by atoms with Crippen molar-refractivity contribution in [2.75, 3.05) is 6.54 Å². The Morgan fingerprint density at radius 1 is 1.02 bits per heavy atom. The molecule has 4 aromatic rings. The highest BCUT2D eigenvalue weighted by Gasteiger charge is 2.37. The Morgan fingerprint density at radius 2 is 1.73 bits per heavy atom. The second-order valence-electron chi connectivity index (χ2n) is 10.6. The maximum Gasteiger partial charge on any atom is 0.435 e. The summed E-state index contributed by atoms with van der Waals surface area (Å²) < 4.78 is 52.1. The second kappa shape index (κ2) is 11.2. The van der Waals surface area contributed by atoms with Gasteiger partial charge in [0.25, 0.3) is 5.91 Å². The van der Waals surface area contributed by atoms with Crippen LogP contribution in [-0.2, 0) is 24.7 Å². The molecule has 1 amide bonds. The number of amides is 1. The number of halogens is 3. The summed E-state index contributed by atoms with van der Waals surface area (Å²) in [6, 6.07) is 22.6. The lowest BCUT2D eigenvalue weighted by molar-refractivity contribution is -0.141. The fraction of sp³-hybridized carbons (Fsp3) is 0.355. The molecule has 0 saturated heterocycles. The molecule has 6 nitrogen and oxygen atoms in total. The molecule has 1 saturated carbocycles. The number of nitrogens with zero attached hydrogens (tertiary/aromatic N) is 2. The minimum atomic E-state index is -4.47. The number of aromatic nitrogens is 2. The maximum atomic E-state index is 13.1. The van der Waals surface area contributed by atoms with E-state index in [1.807, 2.05) is 42.5 Å². The first kappa shape index (κ1) is 27.6. The first-order valence-electron chi connectivity index (χ1n) is 13.4. The van der Waals surface area contributed by atoms with Crippen LogP contribution in [0.1, 0.15) is 77.9 Å². The Labute approximate surface area is 231 Å². The number of carbonyl (C=O) groups is 1. The van der Waals surface area contributed by atoms with Gasteiger partial charge in [0.05, 0.1) is 0 Å². The van der Waals surface area contributed by atoms with Gasteiger partial charge in [-0.1, -0.05) is 56.3 Å². The van der Waals surface area contributed by atoms with E-state index in [0.29, 0.717) is 30.2 Å². The van der Waals surface area contributed by atoms with Crippen molar-refractivity contribution < 1.29 is 27.1 Å². The summed E-state index contributed by atoms with van der Waals surface area (Å²) in [7, 11) is 0. The third-order valence-corrected chi connectivity index (χ3v) is 7.27. The average molecular weight is 552 g/mol. The van der Waals surface area contributed by atoms with Gasteiger partial charge in [-0.3, -0.25) is 9.48 Å². The molecule has 2 aromatic carbocycles. The summed E-state index contributed by atoms with van der Waals surface area (Å²) in [6.07, 6.45) is -2.27. The minimum absolute atomic E-state index is 0.140. The van der Waals surface area contributed by atoms with Gasteiger partial charge in [0, 0.05) is 30.1 Å². The van der Waals surface area contributed by atoms with Crippen LogP contribution in [0.25, 0.3) is 0 Å². The molecule has 9 heteroatoms. The van der Waals surface area contributed by atoms with Crippen LogP contribution in [0.5, 0.6) is 5.75 Å². The van der Waals surface area contributed by atoms with Crippen molar-refractivity contribution in [3.63, 3.8) is 0 Å². The van der Waals surface area contributed by atoms with Gasteiger partial charge in [0.2, 0.25) is 0 Å². The molecule has 0 bridgehead atoms. The van der Waals surface area contributed by atoms with Gasteiger partial charge in [0.1, 0.15) is 18.1 Å². The highest BCUT2D eigenvalue weighted by atomic mass is 19.4. The lowest BCUT2D eigenvalue weighted by Gasteiger charge is -2.26. The van der Waals surface area contributed by atoms with Gasteiger partial charge in [-0.05, 0) is 60.7 Å². The summed E-state index contributed by atoms with van der Waals surface area (Å²) in [5, 5.41) is 6.50. The molecule has 210 valence electrons. The predicted octanol–water partition coefficient (Wildman–Crippen LogP) is 7.10. The van der Waals surface area contributed by atoms with Crippen LogP contribution in [0.2, 0.25) is 0 Å². The quantitative estimate of drug-likeness (QED) is 0.202. The van der Waals surface area contributed by atoms with Crippen LogP contribution in [0.15, 0.2) is 77.2 Å². The van der Waals surface area contributed by atoms with Crippen LogP contribution >= 0.6 is 0 Å². The van der Waals surface area contributed by atoms with E-state index in [9.17, 15) is 18.0 Å². The summed E-state index contributed by atoms with van der Waals surface area (Å²) in [6.45, 7) is 5.10. The lowest BCUT2D eigenvalue weighted by atomic mass is 9.78. The zero-order chi connectivity index (χ0) is 28.3. The van der Waals surface area contributed by atoms with Crippen LogP contribution in [0, 0.1) is 0 Å². The number of ether oxygens (including phenoxy) is 1. The third-order valence-electron chi connectivity index (χ3n) is 7.27. The van der Waals surface area contributed by atoms with E-state index < -0.39 is 17.8 Å². The van der Waals surface area contributed by atoms with E-state index in [4.69, 9.17) is 9.15 Å². The SMILES string of the molecule is CC(C)(c1ccccc1)c1ccc(OCc2ccc(C(=O)NCCCn3nc(C(F)(F)F)cc3C3CC3)o2)cc1. The molecule has 0 unspecified atom stereocenters. The molecule has 0 atom stereocenters. The summed E-state index contributed by atoms with van der Waals surface area (Å²) in [5.41, 5.74) is 2.00. The first-order valence-corrected chi connectivity index (χ1v) is 13.4. The molecule has 1 aliphatic carbocycles. The molecule has 2 aromatic heterocycles. The van der Waals surface area contributed by atoms with Crippen LogP contribution in [-0.4, -0.2) is 22.2 Å². The third kappa shape index (κ3) is 6.41. The van der Waals surface area contributed by atoms with Gasteiger partial charge in [-0.2, -0.15) is 18.3 Å². The number of nitrogens with one attached hydrogen (secondary N) is 1. The van der Waals surface area contributed by atoms with E-state index in [0.717, 1.165) is 18.9 Å². The van der Waals surface area contributed by atoms with Crippen LogP contribution in [0.3, 0.4) is 0 Å². The number of aryl methyl sites for hydroxylation is 1. The summed E-state index contributed by atoms with van der Waals surface area (Å²) in [4.78, 5) is 12.5. The molecular weight excluding hydrogens is 519 g/mol. The molecular formula is C31H32F3N3O3. The summed E-state index contributed by atoms with van der Waals surface area (Å²) >= 11 is 0.